The minimum absolute atomic E-state index is 0. The molecule has 0 bridgehead atoms. The van der Waals surface area contributed by atoms with E-state index < -0.39 is 0 Å². The van der Waals surface area contributed by atoms with E-state index in [1.165, 1.54) is 4.88 Å². The lowest BCUT2D eigenvalue weighted by Crippen LogP contribution is -2.39. The van der Waals surface area contributed by atoms with E-state index in [0.717, 1.165) is 75.1 Å². The first-order valence-electron chi connectivity index (χ1n) is 9.96. The van der Waals surface area contributed by atoms with Gasteiger partial charge in [-0.3, -0.25) is 4.79 Å². The van der Waals surface area contributed by atoms with E-state index in [0.29, 0.717) is 6.54 Å². The molecule has 1 aliphatic heterocycles. The molecule has 0 saturated carbocycles. The summed E-state index contributed by atoms with van der Waals surface area (Å²) in [5, 5.41) is 7.76. The number of nitrogens with one attached hydrogen (secondary N) is 2. The van der Waals surface area contributed by atoms with Crippen molar-refractivity contribution >= 4 is 47.2 Å². The third kappa shape index (κ3) is 8.60. The van der Waals surface area contributed by atoms with Crippen molar-refractivity contribution < 1.29 is 4.79 Å². The number of nitrogens with two attached hydrogens (primary N) is 1. The van der Waals surface area contributed by atoms with Crippen LogP contribution in [-0.2, 0) is 11.3 Å². The highest BCUT2D eigenvalue weighted by Gasteiger charge is 2.22. The molecule has 1 fully saturated rings. The number of primary amides is 1. The Morgan fingerprint density at radius 3 is 2.57 bits per heavy atom. The molecule has 28 heavy (non-hydrogen) atoms. The zero-order valence-corrected chi connectivity index (χ0v) is 20.4. The van der Waals surface area contributed by atoms with E-state index >= 15 is 0 Å². The third-order valence-corrected chi connectivity index (χ3v) is 6.03. The highest BCUT2D eigenvalue weighted by molar-refractivity contribution is 14.0. The summed E-state index contributed by atoms with van der Waals surface area (Å²) in [6.45, 7) is 11.6. The SMILES string of the molecule is CCNC(=NCc1nc(C)c(C)s1)NCCCCN1CCC(C(N)=O)CC1.I. The van der Waals surface area contributed by atoms with Crippen LogP contribution in [0.3, 0.4) is 0 Å². The van der Waals surface area contributed by atoms with Crippen molar-refractivity contribution in [1.29, 1.82) is 0 Å². The second kappa shape index (κ2) is 13.3. The number of carbonyl (C=O) groups excluding carboxylic acids is 1. The summed E-state index contributed by atoms with van der Waals surface area (Å²) < 4.78 is 0. The smallest absolute Gasteiger partial charge is 0.220 e. The number of guanidine groups is 1. The van der Waals surface area contributed by atoms with Crippen LogP contribution in [0.15, 0.2) is 4.99 Å². The Bertz CT molecular complexity index is 608. The molecule has 1 aromatic rings. The van der Waals surface area contributed by atoms with Crippen molar-refractivity contribution in [2.75, 3.05) is 32.7 Å². The van der Waals surface area contributed by atoms with E-state index in [1.54, 1.807) is 11.3 Å². The van der Waals surface area contributed by atoms with Crippen LogP contribution in [0.1, 0.15) is 48.2 Å². The lowest BCUT2D eigenvalue weighted by atomic mass is 9.96. The number of thiazole rings is 1. The van der Waals surface area contributed by atoms with Gasteiger partial charge in [0, 0.05) is 23.9 Å². The minimum atomic E-state index is -0.142. The number of likely N-dealkylation sites (tertiary alicyclic amines) is 1. The minimum Gasteiger partial charge on any atom is -0.369 e. The number of nitrogens with zero attached hydrogens (tertiary/aromatic N) is 3. The van der Waals surface area contributed by atoms with E-state index in [-0.39, 0.29) is 35.8 Å². The number of carbonyl (C=O) groups is 1. The van der Waals surface area contributed by atoms with Gasteiger partial charge in [0.1, 0.15) is 5.01 Å². The average Bonchev–Trinajstić information content (AvgIpc) is 2.97. The van der Waals surface area contributed by atoms with Crippen molar-refractivity contribution in [2.45, 2.75) is 53.0 Å². The van der Waals surface area contributed by atoms with Crippen LogP contribution in [0.25, 0.3) is 0 Å². The molecule has 0 spiro atoms. The highest BCUT2D eigenvalue weighted by Crippen LogP contribution is 2.17. The van der Waals surface area contributed by atoms with E-state index in [1.807, 2.05) is 6.92 Å². The Morgan fingerprint density at radius 1 is 1.29 bits per heavy atom. The van der Waals surface area contributed by atoms with Crippen LogP contribution < -0.4 is 16.4 Å². The third-order valence-electron chi connectivity index (χ3n) is 4.97. The number of piperidine rings is 1. The summed E-state index contributed by atoms with van der Waals surface area (Å²) in [5.74, 6) is 0.787. The van der Waals surface area contributed by atoms with Gasteiger partial charge >= 0.3 is 0 Å². The van der Waals surface area contributed by atoms with Gasteiger partial charge in [-0.05, 0) is 66.1 Å². The van der Waals surface area contributed by atoms with Gasteiger partial charge in [0.15, 0.2) is 5.96 Å². The van der Waals surface area contributed by atoms with Crippen LogP contribution in [0.4, 0.5) is 0 Å². The molecule has 0 aromatic carbocycles. The first kappa shape index (κ1) is 25.1. The molecular formula is C19H35IN6OS. The maximum atomic E-state index is 11.2. The molecule has 7 nitrogen and oxygen atoms in total. The monoisotopic (exact) mass is 522 g/mol. The summed E-state index contributed by atoms with van der Waals surface area (Å²) in [6.07, 6.45) is 4.04. The number of halogens is 1. The molecule has 1 aliphatic rings. The Morgan fingerprint density at radius 2 is 2.00 bits per heavy atom. The zero-order chi connectivity index (χ0) is 19.6. The summed E-state index contributed by atoms with van der Waals surface area (Å²) in [5.41, 5.74) is 6.49. The van der Waals surface area contributed by atoms with Gasteiger partial charge in [-0.2, -0.15) is 0 Å². The van der Waals surface area contributed by atoms with Crippen LogP contribution in [0, 0.1) is 19.8 Å². The summed E-state index contributed by atoms with van der Waals surface area (Å²) >= 11 is 1.72. The Hall–Kier alpha value is -0.940. The summed E-state index contributed by atoms with van der Waals surface area (Å²) in [6, 6.07) is 0. The molecule has 2 rings (SSSR count). The number of hydrogen-bond acceptors (Lipinski definition) is 5. The predicted octanol–water partition coefficient (Wildman–Crippen LogP) is 2.41. The number of aromatic nitrogens is 1. The Balaban J connectivity index is 0.00000392. The molecule has 9 heteroatoms. The molecule has 1 aromatic heterocycles. The fraction of sp³-hybridized carbons (Fsp3) is 0.737. The standard InChI is InChI=1S/C19H34N6OS.HI/c1-4-21-19(23-13-17-24-14(2)15(3)27-17)22-9-5-6-10-25-11-7-16(8-12-25)18(20)26;/h16H,4-13H2,1-3H3,(H2,20,26)(H2,21,22,23);1H. The van der Waals surface area contributed by atoms with E-state index in [2.05, 4.69) is 39.4 Å². The molecular weight excluding hydrogens is 487 g/mol. The number of unbranched alkanes of at least 4 members (excludes halogenated alkanes) is 1. The Kier molecular flexibility index (Phi) is 11.9. The fourth-order valence-electron chi connectivity index (χ4n) is 3.20. The topological polar surface area (TPSA) is 95.6 Å². The van der Waals surface area contributed by atoms with E-state index in [9.17, 15) is 4.79 Å². The number of aryl methyl sites for hydroxylation is 2. The van der Waals surface area contributed by atoms with Crippen molar-refractivity contribution in [1.82, 2.24) is 20.5 Å². The first-order chi connectivity index (χ1) is 13.0. The Labute approximate surface area is 190 Å². The van der Waals surface area contributed by atoms with Gasteiger partial charge in [0.25, 0.3) is 0 Å². The quantitative estimate of drug-likeness (QED) is 0.200. The number of hydrogen-bond donors (Lipinski definition) is 3. The van der Waals surface area contributed by atoms with Crippen LogP contribution >= 0.6 is 35.3 Å². The van der Waals surface area contributed by atoms with Crippen LogP contribution in [0.5, 0.6) is 0 Å². The molecule has 1 saturated heterocycles. The van der Waals surface area contributed by atoms with Gasteiger partial charge in [0.05, 0.1) is 12.2 Å². The van der Waals surface area contributed by atoms with Crippen molar-refractivity contribution in [3.8, 4) is 0 Å². The van der Waals surface area contributed by atoms with E-state index in [4.69, 9.17) is 5.73 Å². The molecule has 1 amide bonds. The number of amides is 1. The fourth-order valence-corrected chi connectivity index (χ4v) is 4.06. The maximum absolute atomic E-state index is 11.2. The lowest BCUT2D eigenvalue weighted by molar-refractivity contribution is -0.123. The van der Waals surface area contributed by atoms with Crippen molar-refractivity contribution in [3.05, 3.63) is 15.6 Å². The van der Waals surface area contributed by atoms with Gasteiger partial charge < -0.3 is 21.3 Å². The molecule has 0 atom stereocenters. The van der Waals surface area contributed by atoms with Gasteiger partial charge in [0.2, 0.25) is 5.91 Å². The van der Waals surface area contributed by atoms with Crippen LogP contribution in [0.2, 0.25) is 0 Å². The maximum Gasteiger partial charge on any atom is 0.220 e. The first-order valence-corrected chi connectivity index (χ1v) is 10.8. The number of aliphatic imine (C=N–C) groups is 1. The molecule has 160 valence electrons. The largest absolute Gasteiger partial charge is 0.369 e. The van der Waals surface area contributed by atoms with Gasteiger partial charge in [-0.25, -0.2) is 9.98 Å². The molecule has 0 aliphatic carbocycles. The van der Waals surface area contributed by atoms with Crippen molar-refractivity contribution in [2.24, 2.45) is 16.6 Å². The molecule has 4 N–H and O–H groups in total. The predicted molar refractivity (Wildman–Crippen MR) is 127 cm³/mol. The lowest BCUT2D eigenvalue weighted by Gasteiger charge is -2.30. The second-order valence-electron chi connectivity index (χ2n) is 7.10. The summed E-state index contributed by atoms with van der Waals surface area (Å²) in [7, 11) is 0. The molecule has 0 unspecified atom stereocenters. The average molecular weight is 523 g/mol. The van der Waals surface area contributed by atoms with Gasteiger partial charge in [-0.15, -0.1) is 35.3 Å². The van der Waals surface area contributed by atoms with Gasteiger partial charge in [-0.1, -0.05) is 0 Å². The number of rotatable bonds is 9. The second-order valence-corrected chi connectivity index (χ2v) is 8.38. The zero-order valence-electron chi connectivity index (χ0n) is 17.3. The van der Waals surface area contributed by atoms with Crippen molar-refractivity contribution in [3.63, 3.8) is 0 Å². The van der Waals surface area contributed by atoms with Crippen LogP contribution in [-0.4, -0.2) is 54.5 Å². The molecule has 0 radical (unpaired) electrons. The molecule has 2 heterocycles. The summed E-state index contributed by atoms with van der Waals surface area (Å²) in [4.78, 5) is 24.1. The normalized spacial score (nSPS) is 15.9. The highest BCUT2D eigenvalue weighted by atomic mass is 127.